The van der Waals surface area contributed by atoms with Crippen molar-refractivity contribution in [1.82, 2.24) is 4.72 Å². The summed E-state index contributed by atoms with van der Waals surface area (Å²) in [5.74, 6) is 0. The van der Waals surface area contributed by atoms with Crippen LogP contribution in [0.2, 0.25) is 0 Å². The van der Waals surface area contributed by atoms with E-state index in [1.54, 1.807) is 25.3 Å². The fourth-order valence-electron chi connectivity index (χ4n) is 1.72. The highest BCUT2D eigenvalue weighted by Gasteiger charge is 2.23. The summed E-state index contributed by atoms with van der Waals surface area (Å²) >= 11 is 3.28. The van der Waals surface area contributed by atoms with Gasteiger partial charge in [0.15, 0.2) is 0 Å². The van der Waals surface area contributed by atoms with Gasteiger partial charge in [-0.25, -0.2) is 13.1 Å². The van der Waals surface area contributed by atoms with Crippen molar-refractivity contribution in [2.24, 2.45) is 11.1 Å². The molecule has 1 aromatic rings. The molecule has 0 aliphatic heterocycles. The van der Waals surface area contributed by atoms with Crippen molar-refractivity contribution < 1.29 is 13.2 Å². The van der Waals surface area contributed by atoms with Crippen molar-refractivity contribution in [3.05, 3.63) is 28.2 Å². The molecule has 0 atom stereocenters. The molecule has 120 valence electrons. The number of hydrogen-bond acceptors (Lipinski definition) is 4. The third-order valence-corrected chi connectivity index (χ3v) is 5.64. The summed E-state index contributed by atoms with van der Waals surface area (Å²) in [6.07, 6.45) is 0.774. The highest BCUT2D eigenvalue weighted by Crippen LogP contribution is 2.25. The summed E-state index contributed by atoms with van der Waals surface area (Å²) in [6.45, 7) is 5.24. The molecule has 7 heteroatoms. The topological polar surface area (TPSA) is 81.4 Å². The predicted molar refractivity (Wildman–Crippen MR) is 87.5 cm³/mol. The van der Waals surface area contributed by atoms with Crippen LogP contribution in [0.15, 0.2) is 27.6 Å². The molecule has 0 saturated carbocycles. The Morgan fingerprint density at radius 1 is 1.38 bits per heavy atom. The SMILES string of the molecule is COCCC(C)(C)CNS(=O)(=O)c1cc(CN)ccc1Br. The second-order valence-electron chi connectivity index (χ2n) is 5.70. The molecule has 0 unspecified atom stereocenters. The lowest BCUT2D eigenvalue weighted by Gasteiger charge is -2.24. The number of methoxy groups -OCH3 is 1. The molecule has 0 aliphatic rings. The van der Waals surface area contributed by atoms with E-state index in [1.165, 1.54) is 0 Å². The lowest BCUT2D eigenvalue weighted by atomic mass is 9.90. The molecule has 0 spiro atoms. The van der Waals surface area contributed by atoms with Gasteiger partial charge in [-0.1, -0.05) is 19.9 Å². The Kier molecular flexibility index (Phi) is 6.80. The van der Waals surface area contributed by atoms with E-state index in [-0.39, 0.29) is 10.3 Å². The molecule has 0 heterocycles. The molecule has 0 bridgehead atoms. The Labute approximate surface area is 135 Å². The summed E-state index contributed by atoms with van der Waals surface area (Å²) in [6, 6.07) is 5.09. The first-order valence-corrected chi connectivity index (χ1v) is 8.96. The monoisotopic (exact) mass is 378 g/mol. The van der Waals surface area contributed by atoms with E-state index in [0.29, 0.717) is 24.2 Å². The number of nitrogens with two attached hydrogens (primary N) is 1. The minimum absolute atomic E-state index is 0.180. The highest BCUT2D eigenvalue weighted by atomic mass is 79.9. The van der Waals surface area contributed by atoms with Crippen LogP contribution < -0.4 is 10.5 Å². The third kappa shape index (κ3) is 5.67. The van der Waals surface area contributed by atoms with Crippen LogP contribution in [0.5, 0.6) is 0 Å². The van der Waals surface area contributed by atoms with Gasteiger partial charge in [0.05, 0.1) is 4.90 Å². The van der Waals surface area contributed by atoms with Gasteiger partial charge in [-0.05, 0) is 45.5 Å². The molecule has 21 heavy (non-hydrogen) atoms. The van der Waals surface area contributed by atoms with Gasteiger partial charge in [0.1, 0.15) is 0 Å². The van der Waals surface area contributed by atoms with Crippen LogP contribution in [0.1, 0.15) is 25.8 Å². The molecule has 5 nitrogen and oxygen atoms in total. The van der Waals surface area contributed by atoms with Gasteiger partial charge in [0, 0.05) is 31.3 Å². The number of benzene rings is 1. The minimum atomic E-state index is -3.58. The van der Waals surface area contributed by atoms with Crippen molar-refractivity contribution >= 4 is 26.0 Å². The number of ether oxygens (including phenoxy) is 1. The minimum Gasteiger partial charge on any atom is -0.385 e. The average Bonchev–Trinajstić information content (AvgIpc) is 2.44. The first kappa shape index (κ1) is 18.6. The fourth-order valence-corrected chi connectivity index (χ4v) is 3.97. The van der Waals surface area contributed by atoms with E-state index in [9.17, 15) is 8.42 Å². The fraction of sp³-hybridized carbons (Fsp3) is 0.571. The molecule has 0 amide bonds. The van der Waals surface area contributed by atoms with Gasteiger partial charge >= 0.3 is 0 Å². The largest absolute Gasteiger partial charge is 0.385 e. The zero-order valence-electron chi connectivity index (χ0n) is 12.6. The summed E-state index contributed by atoms with van der Waals surface area (Å²) in [4.78, 5) is 0.216. The Balaban J connectivity index is 2.87. The molecule has 3 N–H and O–H groups in total. The molecule has 1 aromatic carbocycles. The smallest absolute Gasteiger partial charge is 0.241 e. The van der Waals surface area contributed by atoms with Gasteiger partial charge in [-0.2, -0.15) is 0 Å². The van der Waals surface area contributed by atoms with Crippen LogP contribution in [0.4, 0.5) is 0 Å². The summed E-state index contributed by atoms with van der Waals surface area (Å²) < 4.78 is 33.1. The Morgan fingerprint density at radius 3 is 2.62 bits per heavy atom. The Hall–Kier alpha value is -0.470. The standard InChI is InChI=1S/C14H23BrN2O3S/c1-14(2,6-7-20-3)10-17-21(18,19)13-8-11(9-16)4-5-12(13)15/h4-5,8,17H,6-7,9-10,16H2,1-3H3. The zero-order valence-corrected chi connectivity index (χ0v) is 15.1. The van der Waals surface area contributed by atoms with E-state index in [4.69, 9.17) is 10.5 Å². The maximum Gasteiger partial charge on any atom is 0.241 e. The summed E-state index contributed by atoms with van der Waals surface area (Å²) in [5, 5.41) is 0. The van der Waals surface area contributed by atoms with E-state index in [0.717, 1.165) is 12.0 Å². The van der Waals surface area contributed by atoms with Crippen molar-refractivity contribution in [2.45, 2.75) is 31.7 Å². The molecule has 1 rings (SSSR count). The van der Waals surface area contributed by atoms with Crippen molar-refractivity contribution in [3.63, 3.8) is 0 Å². The lowest BCUT2D eigenvalue weighted by molar-refractivity contribution is 0.153. The van der Waals surface area contributed by atoms with Crippen LogP contribution in [0, 0.1) is 5.41 Å². The molecule has 0 fully saturated rings. The number of halogens is 1. The van der Waals surface area contributed by atoms with E-state index < -0.39 is 10.0 Å². The van der Waals surface area contributed by atoms with Gasteiger partial charge in [-0.3, -0.25) is 0 Å². The highest BCUT2D eigenvalue weighted by molar-refractivity contribution is 9.10. The first-order chi connectivity index (χ1) is 9.72. The van der Waals surface area contributed by atoms with Crippen molar-refractivity contribution in [3.8, 4) is 0 Å². The Morgan fingerprint density at radius 2 is 2.05 bits per heavy atom. The van der Waals surface area contributed by atoms with Gasteiger partial charge in [-0.15, -0.1) is 0 Å². The number of nitrogens with one attached hydrogen (secondary N) is 1. The maximum absolute atomic E-state index is 12.4. The number of hydrogen-bond donors (Lipinski definition) is 2. The second-order valence-corrected chi connectivity index (χ2v) is 8.29. The Bertz CT molecular complexity index is 574. The summed E-state index contributed by atoms with van der Waals surface area (Å²) in [7, 11) is -1.94. The van der Waals surface area contributed by atoms with E-state index >= 15 is 0 Å². The predicted octanol–water partition coefficient (Wildman–Crippen LogP) is 2.25. The molecule has 0 aromatic heterocycles. The molecular weight excluding hydrogens is 356 g/mol. The molecular formula is C14H23BrN2O3S. The van der Waals surface area contributed by atoms with Crippen molar-refractivity contribution in [1.29, 1.82) is 0 Å². The van der Waals surface area contributed by atoms with Crippen LogP contribution in [0.3, 0.4) is 0 Å². The normalized spacial score (nSPS) is 12.6. The lowest BCUT2D eigenvalue weighted by Crippen LogP contribution is -2.34. The van der Waals surface area contributed by atoms with Gasteiger partial charge < -0.3 is 10.5 Å². The second kappa shape index (κ2) is 7.69. The number of rotatable bonds is 8. The average molecular weight is 379 g/mol. The molecule has 0 radical (unpaired) electrons. The quantitative estimate of drug-likeness (QED) is 0.726. The van der Waals surface area contributed by atoms with Crippen LogP contribution >= 0.6 is 15.9 Å². The van der Waals surface area contributed by atoms with Crippen molar-refractivity contribution in [2.75, 3.05) is 20.3 Å². The van der Waals surface area contributed by atoms with Gasteiger partial charge in [0.2, 0.25) is 10.0 Å². The number of sulfonamides is 1. The van der Waals surface area contributed by atoms with Crippen LogP contribution in [-0.4, -0.2) is 28.7 Å². The molecule has 0 saturated heterocycles. The third-order valence-electron chi connectivity index (χ3n) is 3.24. The molecule has 0 aliphatic carbocycles. The summed E-state index contributed by atoms with van der Waals surface area (Å²) in [5.41, 5.74) is 6.16. The zero-order chi connectivity index (χ0) is 16.1. The van der Waals surface area contributed by atoms with Crippen LogP contribution in [-0.2, 0) is 21.3 Å². The van der Waals surface area contributed by atoms with Crippen LogP contribution in [0.25, 0.3) is 0 Å². The van der Waals surface area contributed by atoms with E-state index in [2.05, 4.69) is 20.7 Å². The first-order valence-electron chi connectivity index (χ1n) is 6.69. The van der Waals surface area contributed by atoms with E-state index in [1.807, 2.05) is 13.8 Å². The maximum atomic E-state index is 12.4. The van der Waals surface area contributed by atoms with Gasteiger partial charge in [0.25, 0.3) is 0 Å².